The Morgan fingerprint density at radius 3 is 2.65 bits per heavy atom. The van der Waals surface area contributed by atoms with E-state index in [1.807, 2.05) is 4.72 Å². The minimum atomic E-state index is -3.80. The summed E-state index contributed by atoms with van der Waals surface area (Å²) >= 11 is 6.18. The smallest absolute Gasteiger partial charge is 0.267 e. The first-order valence-electron chi connectivity index (χ1n) is 11.2. The number of rotatable bonds is 8. The number of halogens is 3. The van der Waals surface area contributed by atoms with Crippen molar-refractivity contribution in [1.29, 1.82) is 0 Å². The Morgan fingerprint density at radius 2 is 1.97 bits per heavy atom. The molecule has 1 N–H and O–H groups in total. The number of piperidine rings is 1. The number of benzene rings is 2. The highest BCUT2D eigenvalue weighted by Crippen LogP contribution is 2.45. The molecule has 1 aliphatic carbocycles. The first-order valence-corrected chi connectivity index (χ1v) is 13.5. The molecule has 1 saturated heterocycles. The summed E-state index contributed by atoms with van der Waals surface area (Å²) in [5.74, 6) is -1.39. The van der Waals surface area contributed by atoms with Crippen molar-refractivity contribution in [3.63, 3.8) is 0 Å². The lowest BCUT2D eigenvalue weighted by Crippen LogP contribution is -2.37. The minimum Gasteiger partial charge on any atom is -0.493 e. The summed E-state index contributed by atoms with van der Waals surface area (Å²) in [6.45, 7) is 2.67. The molecule has 6 nitrogen and oxygen atoms in total. The zero-order valence-electron chi connectivity index (χ0n) is 18.8. The Hall–Kier alpha value is -2.23. The van der Waals surface area contributed by atoms with Crippen molar-refractivity contribution in [3.05, 3.63) is 63.7 Å². The van der Waals surface area contributed by atoms with Crippen LogP contribution in [-0.2, 0) is 16.6 Å². The Balaban J connectivity index is 1.42. The van der Waals surface area contributed by atoms with Crippen LogP contribution in [0.4, 0.5) is 8.78 Å². The first-order chi connectivity index (χ1) is 16.1. The highest BCUT2D eigenvalue weighted by Gasteiger charge is 2.30. The van der Waals surface area contributed by atoms with Crippen molar-refractivity contribution in [2.24, 2.45) is 5.92 Å². The van der Waals surface area contributed by atoms with E-state index >= 15 is 0 Å². The van der Waals surface area contributed by atoms with E-state index in [9.17, 15) is 22.0 Å². The molecule has 2 aromatic rings. The van der Waals surface area contributed by atoms with Crippen LogP contribution in [0.25, 0.3) is 0 Å². The number of nitrogens with zero attached hydrogens (tertiary/aromatic N) is 1. The molecule has 1 atom stereocenters. The molecule has 2 aromatic carbocycles. The molecule has 2 fully saturated rings. The zero-order chi connectivity index (χ0) is 24.5. The Labute approximate surface area is 203 Å². The van der Waals surface area contributed by atoms with E-state index in [1.165, 1.54) is 24.3 Å². The van der Waals surface area contributed by atoms with Crippen LogP contribution >= 0.6 is 11.6 Å². The molecule has 0 spiro atoms. The van der Waals surface area contributed by atoms with E-state index in [1.54, 1.807) is 6.07 Å². The molecule has 1 saturated carbocycles. The second-order valence-corrected chi connectivity index (χ2v) is 11.3. The highest BCUT2D eigenvalue weighted by molar-refractivity contribution is 7.89. The third-order valence-electron chi connectivity index (χ3n) is 6.13. The van der Waals surface area contributed by atoms with Crippen LogP contribution in [0.2, 0.25) is 5.02 Å². The average molecular weight is 513 g/mol. The summed E-state index contributed by atoms with van der Waals surface area (Å²) in [5.41, 5.74) is 1.29. The van der Waals surface area contributed by atoms with E-state index in [4.69, 9.17) is 16.3 Å². The lowest BCUT2D eigenvalue weighted by molar-refractivity contribution is 0.0977. The average Bonchev–Trinajstić information content (AvgIpc) is 3.58. The van der Waals surface area contributed by atoms with E-state index in [-0.39, 0.29) is 23.2 Å². The molecule has 1 heterocycles. The summed E-state index contributed by atoms with van der Waals surface area (Å²) in [7, 11) is -3.80. The minimum absolute atomic E-state index is 0.170. The summed E-state index contributed by atoms with van der Waals surface area (Å²) < 4.78 is 58.6. The number of hydrogen-bond donors (Lipinski definition) is 1. The maximum absolute atomic E-state index is 14.7. The Kier molecular flexibility index (Phi) is 7.45. The quantitative estimate of drug-likeness (QED) is 0.564. The number of sulfonamides is 1. The van der Waals surface area contributed by atoms with Crippen LogP contribution < -0.4 is 9.46 Å². The van der Waals surface area contributed by atoms with Crippen molar-refractivity contribution in [3.8, 4) is 5.75 Å². The number of likely N-dealkylation sites (tertiary alicyclic amines) is 1. The van der Waals surface area contributed by atoms with Gasteiger partial charge in [0.25, 0.3) is 5.91 Å². The molecule has 0 aromatic heterocycles. The highest BCUT2D eigenvalue weighted by atomic mass is 35.5. The number of ether oxygens (including phenoxy) is 1. The van der Waals surface area contributed by atoms with Gasteiger partial charge < -0.3 is 4.74 Å². The molecule has 4 rings (SSSR count). The van der Waals surface area contributed by atoms with Crippen LogP contribution in [0, 0.1) is 17.6 Å². The van der Waals surface area contributed by atoms with Gasteiger partial charge in [-0.1, -0.05) is 17.7 Å². The van der Waals surface area contributed by atoms with Crippen LogP contribution in [0.15, 0.2) is 30.3 Å². The fourth-order valence-electron chi connectivity index (χ4n) is 4.34. The fourth-order valence-corrected chi connectivity index (χ4v) is 5.01. The van der Waals surface area contributed by atoms with Crippen molar-refractivity contribution in [2.75, 3.05) is 26.0 Å². The summed E-state index contributed by atoms with van der Waals surface area (Å²) in [6, 6.07) is 7.01. The maximum atomic E-state index is 14.7. The summed E-state index contributed by atoms with van der Waals surface area (Å²) in [5, 5.41) is 0.405. The van der Waals surface area contributed by atoms with Gasteiger partial charge in [-0.3, -0.25) is 9.69 Å². The number of carbonyl (C=O) groups is 1. The Bertz CT molecular complexity index is 1190. The lowest BCUT2D eigenvalue weighted by atomic mass is 9.98. The predicted octanol–water partition coefficient (Wildman–Crippen LogP) is 4.48. The van der Waals surface area contributed by atoms with Crippen LogP contribution in [0.3, 0.4) is 0 Å². The molecular weight excluding hydrogens is 486 g/mol. The summed E-state index contributed by atoms with van der Waals surface area (Å²) in [6.07, 6.45) is 4.60. The van der Waals surface area contributed by atoms with Gasteiger partial charge in [-0.2, -0.15) is 0 Å². The molecule has 0 radical (unpaired) electrons. The lowest BCUT2D eigenvalue weighted by Gasteiger charge is -2.33. The molecule has 10 heteroatoms. The van der Waals surface area contributed by atoms with Gasteiger partial charge in [-0.25, -0.2) is 21.9 Å². The SMILES string of the molecule is CS(=O)(=O)NC(=O)c1cc(C2CC2)c(OCC2CCCN(Cc3ccc(F)cc3Cl)C2)cc1F. The van der Waals surface area contributed by atoms with Crippen LogP contribution in [0.1, 0.15) is 53.1 Å². The van der Waals surface area contributed by atoms with E-state index in [2.05, 4.69) is 4.90 Å². The first kappa shape index (κ1) is 24.9. The third kappa shape index (κ3) is 6.46. The van der Waals surface area contributed by atoms with Crippen LogP contribution in [-0.4, -0.2) is 45.2 Å². The van der Waals surface area contributed by atoms with E-state index in [0.717, 1.165) is 56.2 Å². The molecule has 2 aliphatic rings. The van der Waals surface area contributed by atoms with E-state index in [0.29, 0.717) is 23.9 Å². The monoisotopic (exact) mass is 512 g/mol. The van der Waals surface area contributed by atoms with Gasteiger partial charge in [-0.05, 0) is 67.5 Å². The number of hydrogen-bond acceptors (Lipinski definition) is 5. The van der Waals surface area contributed by atoms with Crippen molar-refractivity contribution in [1.82, 2.24) is 9.62 Å². The predicted molar refractivity (Wildman–Crippen MR) is 126 cm³/mol. The standard InChI is InChI=1S/C24H27ClF2N2O4S/c1-34(31,32)28-24(30)20-10-19(16-4-5-16)23(11-22(20)27)33-14-15-3-2-8-29(12-15)13-17-6-7-18(26)9-21(17)25/h6-7,9-11,15-16H,2-5,8,12-14H2,1H3,(H,28,30). The number of amides is 1. The molecule has 34 heavy (non-hydrogen) atoms. The molecular formula is C24H27ClF2N2O4S. The molecule has 0 bridgehead atoms. The second kappa shape index (κ2) is 10.2. The van der Waals surface area contributed by atoms with Crippen molar-refractivity contribution < 1.29 is 26.7 Å². The normalized spacial score (nSPS) is 19.1. The molecule has 1 unspecified atom stereocenters. The van der Waals surface area contributed by atoms with Gasteiger partial charge in [-0.15, -0.1) is 0 Å². The summed E-state index contributed by atoms with van der Waals surface area (Å²) in [4.78, 5) is 14.5. The number of nitrogens with one attached hydrogen (secondary N) is 1. The number of carbonyl (C=O) groups excluding carboxylic acids is 1. The van der Waals surface area contributed by atoms with Crippen LogP contribution in [0.5, 0.6) is 5.75 Å². The third-order valence-corrected chi connectivity index (χ3v) is 7.03. The maximum Gasteiger partial charge on any atom is 0.267 e. The largest absolute Gasteiger partial charge is 0.493 e. The second-order valence-electron chi connectivity index (χ2n) is 9.14. The zero-order valence-corrected chi connectivity index (χ0v) is 20.4. The topological polar surface area (TPSA) is 75.7 Å². The molecule has 1 aliphatic heterocycles. The molecule has 184 valence electrons. The van der Waals surface area contributed by atoms with Gasteiger partial charge >= 0.3 is 0 Å². The van der Waals surface area contributed by atoms with Gasteiger partial charge in [0.1, 0.15) is 17.4 Å². The van der Waals surface area contributed by atoms with Gasteiger partial charge in [0.15, 0.2) is 0 Å². The molecule has 1 amide bonds. The Morgan fingerprint density at radius 1 is 1.21 bits per heavy atom. The van der Waals surface area contributed by atoms with Crippen molar-refractivity contribution >= 4 is 27.5 Å². The van der Waals surface area contributed by atoms with Crippen molar-refractivity contribution in [2.45, 2.75) is 38.1 Å². The van der Waals surface area contributed by atoms with Gasteiger partial charge in [0.2, 0.25) is 10.0 Å². The van der Waals surface area contributed by atoms with Gasteiger partial charge in [0.05, 0.1) is 18.4 Å². The van der Waals surface area contributed by atoms with Gasteiger partial charge in [0, 0.05) is 30.1 Å². The van der Waals surface area contributed by atoms with E-state index < -0.39 is 21.7 Å². The fraction of sp³-hybridized carbons (Fsp3) is 0.458.